The molecule has 0 N–H and O–H groups in total. The Balaban J connectivity index is 2.41. The van der Waals surface area contributed by atoms with Crippen LogP contribution in [-0.2, 0) is 4.79 Å². The van der Waals surface area contributed by atoms with Crippen molar-refractivity contribution in [3.8, 4) is 17.2 Å². The fraction of sp³-hybridized carbons (Fsp3) is 0.467. The fourth-order valence-electron chi connectivity index (χ4n) is 2.52. The summed E-state index contributed by atoms with van der Waals surface area (Å²) in [6.45, 7) is 0. The molecular formula is C15H18O5. The van der Waals surface area contributed by atoms with Crippen LogP contribution in [0.3, 0.4) is 0 Å². The first-order valence-corrected chi connectivity index (χ1v) is 6.49. The van der Waals surface area contributed by atoms with E-state index in [1.165, 1.54) is 21.3 Å². The summed E-state index contributed by atoms with van der Waals surface area (Å²) >= 11 is 0. The molecular weight excluding hydrogens is 260 g/mol. The van der Waals surface area contributed by atoms with Gasteiger partial charge >= 0.3 is 0 Å². The van der Waals surface area contributed by atoms with Gasteiger partial charge in [0.05, 0.1) is 27.2 Å². The van der Waals surface area contributed by atoms with Crippen molar-refractivity contribution < 1.29 is 23.8 Å². The average molecular weight is 278 g/mol. The number of carbonyl (C=O) groups excluding carboxylic acids is 2. The van der Waals surface area contributed by atoms with Gasteiger partial charge in [0.25, 0.3) is 0 Å². The molecule has 0 amide bonds. The van der Waals surface area contributed by atoms with Gasteiger partial charge in [-0.1, -0.05) is 0 Å². The fourth-order valence-corrected chi connectivity index (χ4v) is 2.52. The third kappa shape index (κ3) is 2.48. The van der Waals surface area contributed by atoms with Gasteiger partial charge in [0.2, 0.25) is 5.75 Å². The van der Waals surface area contributed by atoms with Crippen LogP contribution < -0.4 is 14.2 Å². The topological polar surface area (TPSA) is 61.8 Å². The van der Waals surface area contributed by atoms with Gasteiger partial charge in [-0.25, -0.2) is 0 Å². The van der Waals surface area contributed by atoms with E-state index in [1.54, 1.807) is 12.1 Å². The van der Waals surface area contributed by atoms with Crippen molar-refractivity contribution in [2.75, 3.05) is 21.3 Å². The first-order valence-electron chi connectivity index (χ1n) is 6.49. The van der Waals surface area contributed by atoms with Gasteiger partial charge in [0.1, 0.15) is 5.78 Å². The molecule has 1 aliphatic rings. The summed E-state index contributed by atoms with van der Waals surface area (Å²) in [4.78, 5) is 24.1. The highest BCUT2D eigenvalue weighted by Gasteiger charge is 2.32. The van der Waals surface area contributed by atoms with Gasteiger partial charge < -0.3 is 14.2 Å². The van der Waals surface area contributed by atoms with Crippen LogP contribution in [0.25, 0.3) is 0 Å². The average Bonchev–Trinajstić information content (AvgIpc) is 2.90. The smallest absolute Gasteiger partial charge is 0.203 e. The van der Waals surface area contributed by atoms with E-state index in [-0.39, 0.29) is 11.6 Å². The second kappa shape index (κ2) is 5.94. The largest absolute Gasteiger partial charge is 0.493 e. The number of benzene rings is 1. The summed E-state index contributed by atoms with van der Waals surface area (Å²) in [5, 5.41) is 0. The molecule has 0 spiro atoms. The molecule has 0 saturated heterocycles. The van der Waals surface area contributed by atoms with Gasteiger partial charge in [-0.3, -0.25) is 9.59 Å². The van der Waals surface area contributed by atoms with E-state index in [4.69, 9.17) is 14.2 Å². The van der Waals surface area contributed by atoms with Crippen LogP contribution in [0.5, 0.6) is 17.2 Å². The highest BCUT2D eigenvalue weighted by molar-refractivity contribution is 6.12. The van der Waals surface area contributed by atoms with Crippen LogP contribution in [0.15, 0.2) is 12.1 Å². The SMILES string of the molecule is COc1cc(C(=O)C2CCCC2=O)cc(OC)c1OC. The monoisotopic (exact) mass is 278 g/mol. The quantitative estimate of drug-likeness (QED) is 0.610. The molecule has 1 unspecified atom stereocenters. The number of rotatable bonds is 5. The zero-order valence-electron chi connectivity index (χ0n) is 11.9. The van der Waals surface area contributed by atoms with Gasteiger partial charge in [0, 0.05) is 12.0 Å². The van der Waals surface area contributed by atoms with Crippen LogP contribution in [0.1, 0.15) is 29.6 Å². The van der Waals surface area contributed by atoms with Crippen molar-refractivity contribution in [3.63, 3.8) is 0 Å². The highest BCUT2D eigenvalue weighted by atomic mass is 16.5. The van der Waals surface area contributed by atoms with E-state index in [2.05, 4.69) is 0 Å². The maximum absolute atomic E-state index is 12.4. The first kappa shape index (κ1) is 14.4. The molecule has 5 nitrogen and oxygen atoms in total. The van der Waals surface area contributed by atoms with E-state index in [0.717, 1.165) is 6.42 Å². The minimum absolute atomic E-state index is 0.0174. The first-order chi connectivity index (χ1) is 9.62. The molecule has 1 aromatic rings. The van der Waals surface area contributed by atoms with E-state index in [9.17, 15) is 9.59 Å². The maximum atomic E-state index is 12.4. The molecule has 1 aromatic carbocycles. The van der Waals surface area contributed by atoms with Crippen LogP contribution in [-0.4, -0.2) is 32.9 Å². The standard InChI is InChI=1S/C15H18O5/c1-18-12-7-9(8-13(19-2)15(12)20-3)14(17)10-5-4-6-11(10)16/h7-8,10H,4-6H2,1-3H3. The third-order valence-electron chi connectivity index (χ3n) is 3.57. The van der Waals surface area contributed by atoms with Gasteiger partial charge in [-0.15, -0.1) is 0 Å². The van der Waals surface area contributed by atoms with E-state index >= 15 is 0 Å². The van der Waals surface area contributed by atoms with Crippen molar-refractivity contribution in [1.29, 1.82) is 0 Å². The minimum Gasteiger partial charge on any atom is -0.493 e. The summed E-state index contributed by atoms with van der Waals surface area (Å²) < 4.78 is 15.6. The summed E-state index contributed by atoms with van der Waals surface area (Å²) in [6, 6.07) is 3.19. The molecule has 0 bridgehead atoms. The Hall–Kier alpha value is -2.04. The summed E-state index contributed by atoms with van der Waals surface area (Å²) in [6.07, 6.45) is 1.88. The predicted molar refractivity (Wildman–Crippen MR) is 72.8 cm³/mol. The summed E-state index contributed by atoms with van der Waals surface area (Å²) in [5.74, 6) is 0.582. The lowest BCUT2D eigenvalue weighted by Gasteiger charge is -2.15. The Morgan fingerprint density at radius 1 is 1.10 bits per heavy atom. The Kier molecular flexibility index (Phi) is 4.27. The number of Topliss-reactive ketones (excluding diaryl/α,β-unsaturated/α-hetero) is 2. The van der Waals surface area contributed by atoms with Crippen molar-refractivity contribution in [3.05, 3.63) is 17.7 Å². The lowest BCUT2D eigenvalue weighted by molar-refractivity contribution is -0.119. The van der Waals surface area contributed by atoms with Gasteiger partial charge in [0.15, 0.2) is 17.3 Å². The molecule has 108 valence electrons. The zero-order valence-corrected chi connectivity index (χ0v) is 11.9. The van der Waals surface area contributed by atoms with E-state index in [1.807, 2.05) is 0 Å². The molecule has 1 atom stereocenters. The Labute approximate surface area is 117 Å². The Morgan fingerprint density at radius 2 is 1.70 bits per heavy atom. The number of ether oxygens (including phenoxy) is 3. The number of ketones is 2. The predicted octanol–water partition coefficient (Wildman–Crippen LogP) is 2.26. The molecule has 0 aliphatic heterocycles. The summed E-state index contributed by atoms with van der Waals surface area (Å²) in [5.41, 5.74) is 0.416. The Bertz CT molecular complexity index is 510. The normalized spacial score (nSPS) is 17.9. The number of hydrogen-bond acceptors (Lipinski definition) is 5. The second-order valence-corrected chi connectivity index (χ2v) is 4.69. The number of carbonyl (C=O) groups is 2. The van der Waals surface area contributed by atoms with E-state index < -0.39 is 5.92 Å². The molecule has 1 aliphatic carbocycles. The number of methoxy groups -OCH3 is 3. The minimum atomic E-state index is -0.530. The van der Waals surface area contributed by atoms with Gasteiger partial charge in [-0.05, 0) is 25.0 Å². The lowest BCUT2D eigenvalue weighted by atomic mass is 9.95. The zero-order chi connectivity index (χ0) is 14.7. The molecule has 0 radical (unpaired) electrons. The third-order valence-corrected chi connectivity index (χ3v) is 3.57. The van der Waals surface area contributed by atoms with Crippen LogP contribution >= 0.6 is 0 Å². The molecule has 1 saturated carbocycles. The molecule has 5 heteroatoms. The summed E-state index contributed by atoms with van der Waals surface area (Å²) in [7, 11) is 4.49. The molecule has 0 aromatic heterocycles. The van der Waals surface area contributed by atoms with Crippen molar-refractivity contribution >= 4 is 11.6 Å². The molecule has 2 rings (SSSR count). The molecule has 0 heterocycles. The van der Waals surface area contributed by atoms with Gasteiger partial charge in [-0.2, -0.15) is 0 Å². The van der Waals surface area contributed by atoms with Crippen molar-refractivity contribution in [1.82, 2.24) is 0 Å². The number of hydrogen-bond donors (Lipinski definition) is 0. The Morgan fingerprint density at radius 3 is 2.10 bits per heavy atom. The lowest BCUT2D eigenvalue weighted by Crippen LogP contribution is -2.19. The van der Waals surface area contributed by atoms with Crippen LogP contribution in [0.4, 0.5) is 0 Å². The second-order valence-electron chi connectivity index (χ2n) is 4.69. The van der Waals surface area contributed by atoms with Crippen molar-refractivity contribution in [2.45, 2.75) is 19.3 Å². The molecule has 20 heavy (non-hydrogen) atoms. The maximum Gasteiger partial charge on any atom is 0.203 e. The molecule has 1 fully saturated rings. The van der Waals surface area contributed by atoms with E-state index in [0.29, 0.717) is 35.7 Å². The van der Waals surface area contributed by atoms with Crippen LogP contribution in [0.2, 0.25) is 0 Å². The van der Waals surface area contributed by atoms with Crippen LogP contribution in [0, 0.1) is 5.92 Å². The highest BCUT2D eigenvalue weighted by Crippen LogP contribution is 2.39. The van der Waals surface area contributed by atoms with Crippen molar-refractivity contribution in [2.24, 2.45) is 5.92 Å².